The fourth-order valence-electron chi connectivity index (χ4n) is 4.39. The van der Waals surface area contributed by atoms with E-state index in [4.69, 9.17) is 18.9 Å². The van der Waals surface area contributed by atoms with Crippen LogP contribution in [0.25, 0.3) is 6.08 Å². The van der Waals surface area contributed by atoms with Crippen LogP contribution in [-0.2, 0) is 18.9 Å². The van der Waals surface area contributed by atoms with E-state index in [0.29, 0.717) is 28.8 Å². The largest absolute Gasteiger partial charge is 0.458 e. The minimum Gasteiger partial charge on any atom is -0.458 e. The molecular formula is C29H41NO7. The number of esters is 1. The molecule has 1 saturated heterocycles. The Morgan fingerprint density at radius 1 is 1.16 bits per heavy atom. The number of hydrogen-bond donors (Lipinski definition) is 1. The molecule has 0 spiro atoms. The molecule has 0 saturated carbocycles. The van der Waals surface area contributed by atoms with Crippen LogP contribution in [-0.4, -0.2) is 60.0 Å². The van der Waals surface area contributed by atoms with E-state index < -0.39 is 41.8 Å². The molecule has 8 heteroatoms. The monoisotopic (exact) mass is 515 g/mol. The zero-order valence-electron chi connectivity index (χ0n) is 23.4. The molecule has 0 bridgehead atoms. The maximum Gasteiger partial charge on any atom is 0.414 e. The standard InChI is InChI=1S/C29H41NO7/c1-17-13-14-22(31)25-23(35-29(7,8)36-25)12-10-11-20-16-21(30(9)27(33)37-28(4,5)6)15-18(2)24(20)26(32)34-19(17)3/h10-11,13-17,19,22-23,25,31H,12H2,1-9H3/b11-10?,14-13-/t17-,19+,22-,23+,25+/m1/s1. The van der Waals surface area contributed by atoms with Crippen molar-refractivity contribution in [2.75, 3.05) is 11.9 Å². The lowest BCUT2D eigenvalue weighted by Crippen LogP contribution is -2.34. The van der Waals surface area contributed by atoms with Gasteiger partial charge >= 0.3 is 12.1 Å². The molecule has 3 rings (SSSR count). The van der Waals surface area contributed by atoms with Gasteiger partial charge in [-0.05, 0) is 78.1 Å². The van der Waals surface area contributed by atoms with Gasteiger partial charge in [-0.3, -0.25) is 4.90 Å². The number of amides is 1. The first-order valence-electron chi connectivity index (χ1n) is 12.8. The van der Waals surface area contributed by atoms with Gasteiger partial charge in [0.25, 0.3) is 0 Å². The van der Waals surface area contributed by atoms with Crippen LogP contribution >= 0.6 is 0 Å². The maximum absolute atomic E-state index is 13.3. The summed E-state index contributed by atoms with van der Waals surface area (Å²) >= 11 is 0. The molecule has 8 nitrogen and oxygen atoms in total. The first-order valence-corrected chi connectivity index (χ1v) is 12.8. The molecule has 0 unspecified atom stereocenters. The lowest BCUT2D eigenvalue weighted by Gasteiger charge is -2.26. The highest BCUT2D eigenvalue weighted by Crippen LogP contribution is 2.33. The van der Waals surface area contributed by atoms with E-state index in [-0.39, 0.29) is 12.0 Å². The number of aliphatic hydroxyl groups excluding tert-OH is 1. The van der Waals surface area contributed by atoms with Gasteiger partial charge in [-0.1, -0.05) is 31.2 Å². The summed E-state index contributed by atoms with van der Waals surface area (Å²) < 4.78 is 23.4. The van der Waals surface area contributed by atoms with Crippen molar-refractivity contribution in [2.24, 2.45) is 5.92 Å². The fraction of sp³-hybridized carbons (Fsp3) is 0.586. The number of carbonyl (C=O) groups is 2. The Morgan fingerprint density at radius 3 is 2.49 bits per heavy atom. The van der Waals surface area contributed by atoms with Gasteiger partial charge in [-0.2, -0.15) is 0 Å². The maximum atomic E-state index is 13.3. The van der Waals surface area contributed by atoms with Gasteiger partial charge in [0.15, 0.2) is 5.79 Å². The smallest absolute Gasteiger partial charge is 0.414 e. The number of rotatable bonds is 1. The lowest BCUT2D eigenvalue weighted by atomic mass is 9.97. The molecule has 0 aliphatic carbocycles. The Morgan fingerprint density at radius 2 is 1.84 bits per heavy atom. The zero-order chi connectivity index (χ0) is 27.7. The number of aryl methyl sites for hydroxylation is 1. The summed E-state index contributed by atoms with van der Waals surface area (Å²) in [5.41, 5.74) is 1.66. The summed E-state index contributed by atoms with van der Waals surface area (Å²) in [6.07, 6.45) is 4.94. The van der Waals surface area contributed by atoms with Gasteiger partial charge in [0.1, 0.15) is 23.9 Å². The van der Waals surface area contributed by atoms with Crippen LogP contribution in [0.4, 0.5) is 10.5 Å². The summed E-state index contributed by atoms with van der Waals surface area (Å²) in [5, 5.41) is 10.8. The second-order valence-electron chi connectivity index (χ2n) is 11.4. The third kappa shape index (κ3) is 7.21. The summed E-state index contributed by atoms with van der Waals surface area (Å²) in [5.74, 6) is -1.43. The molecule has 5 atom stereocenters. The molecule has 1 fully saturated rings. The average Bonchev–Trinajstić information content (AvgIpc) is 3.08. The van der Waals surface area contributed by atoms with Crippen molar-refractivity contribution in [3.8, 4) is 0 Å². The van der Waals surface area contributed by atoms with Crippen LogP contribution in [0.15, 0.2) is 30.4 Å². The fourth-order valence-corrected chi connectivity index (χ4v) is 4.39. The van der Waals surface area contributed by atoms with Gasteiger partial charge < -0.3 is 24.1 Å². The number of ether oxygens (including phenoxy) is 4. The normalized spacial score (nSPS) is 28.9. The summed E-state index contributed by atoms with van der Waals surface area (Å²) in [6.45, 7) is 14.6. The van der Waals surface area contributed by atoms with E-state index in [1.165, 1.54) is 4.90 Å². The zero-order valence-corrected chi connectivity index (χ0v) is 23.4. The highest BCUT2D eigenvalue weighted by Gasteiger charge is 2.43. The highest BCUT2D eigenvalue weighted by atomic mass is 16.8. The molecule has 1 amide bonds. The molecule has 2 heterocycles. The van der Waals surface area contributed by atoms with E-state index >= 15 is 0 Å². The Balaban J connectivity index is 2.04. The number of carbonyl (C=O) groups excluding carboxylic acids is 2. The van der Waals surface area contributed by atoms with Crippen molar-refractivity contribution in [1.82, 2.24) is 0 Å². The minimum absolute atomic E-state index is 0.146. The number of nitrogens with zero attached hydrogens (tertiary/aromatic N) is 1. The van der Waals surface area contributed by atoms with Gasteiger partial charge in [0.05, 0.1) is 11.7 Å². The summed E-state index contributed by atoms with van der Waals surface area (Å²) in [7, 11) is 1.63. The van der Waals surface area contributed by atoms with Crippen LogP contribution in [0, 0.1) is 12.8 Å². The van der Waals surface area contributed by atoms with Crippen molar-refractivity contribution in [1.29, 1.82) is 0 Å². The number of aliphatic hydroxyl groups is 1. The second kappa shape index (κ2) is 11.0. The van der Waals surface area contributed by atoms with E-state index in [1.54, 1.807) is 25.3 Å². The van der Waals surface area contributed by atoms with Crippen molar-refractivity contribution < 1.29 is 33.6 Å². The predicted molar refractivity (Wildman–Crippen MR) is 142 cm³/mol. The molecule has 37 heavy (non-hydrogen) atoms. The van der Waals surface area contributed by atoms with Crippen molar-refractivity contribution in [2.45, 2.75) is 97.6 Å². The van der Waals surface area contributed by atoms with Crippen LogP contribution in [0.2, 0.25) is 0 Å². The number of hydrogen-bond acceptors (Lipinski definition) is 7. The molecule has 0 radical (unpaired) electrons. The quantitative estimate of drug-likeness (QED) is 0.395. The van der Waals surface area contributed by atoms with Crippen molar-refractivity contribution >= 4 is 23.8 Å². The molecule has 2 aliphatic heterocycles. The molecule has 1 aromatic carbocycles. The number of benzene rings is 1. The Kier molecular flexibility index (Phi) is 8.57. The highest BCUT2D eigenvalue weighted by molar-refractivity contribution is 5.97. The van der Waals surface area contributed by atoms with Gasteiger partial charge in [-0.15, -0.1) is 0 Å². The van der Waals surface area contributed by atoms with Gasteiger partial charge in [0.2, 0.25) is 0 Å². The Bertz CT molecular complexity index is 1070. The molecule has 2 aliphatic rings. The van der Waals surface area contributed by atoms with E-state index in [1.807, 2.05) is 73.6 Å². The first-order chi connectivity index (χ1) is 17.1. The number of cyclic esters (lactones) is 1. The average molecular weight is 516 g/mol. The Labute approximate surface area is 220 Å². The third-order valence-electron chi connectivity index (χ3n) is 6.48. The topological polar surface area (TPSA) is 94.5 Å². The minimum atomic E-state index is -0.878. The molecule has 0 aromatic heterocycles. The SMILES string of the molecule is Cc1cc(N(C)C(=O)OC(C)(C)C)cc2c1C(=O)O[C@@H](C)[C@H](C)/C=C\[C@@H](O)[C@@H]1OC(C)(C)O[C@H]1CC=C2. The predicted octanol–water partition coefficient (Wildman–Crippen LogP) is 5.40. The van der Waals surface area contributed by atoms with E-state index in [9.17, 15) is 14.7 Å². The van der Waals surface area contributed by atoms with Crippen LogP contribution in [0.5, 0.6) is 0 Å². The first kappa shape index (κ1) is 28.9. The Hall–Kier alpha value is -2.68. The van der Waals surface area contributed by atoms with Crippen LogP contribution < -0.4 is 4.90 Å². The third-order valence-corrected chi connectivity index (χ3v) is 6.48. The van der Waals surface area contributed by atoms with Gasteiger partial charge in [-0.25, -0.2) is 9.59 Å². The second-order valence-corrected chi connectivity index (χ2v) is 11.4. The van der Waals surface area contributed by atoms with Crippen LogP contribution in [0.1, 0.15) is 76.4 Å². The summed E-state index contributed by atoms with van der Waals surface area (Å²) in [4.78, 5) is 27.4. The molecule has 1 aromatic rings. The number of anilines is 1. The summed E-state index contributed by atoms with van der Waals surface area (Å²) in [6, 6.07) is 3.55. The van der Waals surface area contributed by atoms with Gasteiger partial charge in [0, 0.05) is 18.7 Å². The number of fused-ring (bicyclic) bond motifs is 2. The van der Waals surface area contributed by atoms with E-state index in [0.717, 1.165) is 0 Å². The molecular weight excluding hydrogens is 474 g/mol. The lowest BCUT2D eigenvalue weighted by molar-refractivity contribution is -0.152. The van der Waals surface area contributed by atoms with Crippen LogP contribution in [0.3, 0.4) is 0 Å². The molecule has 1 N–H and O–H groups in total. The van der Waals surface area contributed by atoms with Crippen molar-refractivity contribution in [3.05, 3.63) is 47.1 Å². The molecule has 204 valence electrons. The van der Waals surface area contributed by atoms with E-state index in [2.05, 4.69) is 0 Å². The van der Waals surface area contributed by atoms with Crippen molar-refractivity contribution in [3.63, 3.8) is 0 Å².